The van der Waals surface area contributed by atoms with Crippen LogP contribution in [-0.4, -0.2) is 37.5 Å². The van der Waals surface area contributed by atoms with Gasteiger partial charge in [0, 0.05) is 12.2 Å². The smallest absolute Gasteiger partial charge is 0.180 e. The van der Waals surface area contributed by atoms with E-state index in [2.05, 4.69) is 22.3 Å². The van der Waals surface area contributed by atoms with Crippen molar-refractivity contribution < 1.29 is 14.2 Å². The van der Waals surface area contributed by atoms with Gasteiger partial charge in [-0.2, -0.15) is 5.10 Å². The zero-order valence-corrected chi connectivity index (χ0v) is 16.5. The number of nitrogens with two attached hydrogens (primary N) is 1. The van der Waals surface area contributed by atoms with Crippen molar-refractivity contribution in [2.24, 2.45) is 15.9 Å². The van der Waals surface area contributed by atoms with Crippen molar-refractivity contribution in [2.75, 3.05) is 19.8 Å². The van der Waals surface area contributed by atoms with Gasteiger partial charge < -0.3 is 19.9 Å². The van der Waals surface area contributed by atoms with Crippen LogP contribution in [0.3, 0.4) is 0 Å². The van der Waals surface area contributed by atoms with Crippen LogP contribution in [0.1, 0.15) is 24.0 Å². The molecule has 1 saturated heterocycles. The summed E-state index contributed by atoms with van der Waals surface area (Å²) in [6.07, 6.45) is 3.16. The predicted molar refractivity (Wildman–Crippen MR) is 114 cm³/mol. The Morgan fingerprint density at radius 2 is 1.96 bits per heavy atom. The molecule has 1 aliphatic heterocycles. The molecule has 0 aromatic heterocycles. The number of hydrogen-bond acceptors (Lipinski definition) is 6. The van der Waals surface area contributed by atoms with Gasteiger partial charge in [-0.05, 0) is 29.7 Å². The van der Waals surface area contributed by atoms with Crippen molar-refractivity contribution >= 4 is 23.1 Å². The average Bonchev–Trinajstić information content (AvgIpc) is 2.74. The summed E-state index contributed by atoms with van der Waals surface area (Å²) in [7, 11) is 0. The molecule has 148 valence electrons. The van der Waals surface area contributed by atoms with Gasteiger partial charge in [0.15, 0.2) is 11.5 Å². The van der Waals surface area contributed by atoms with Crippen molar-refractivity contribution in [1.82, 2.24) is 0 Å². The molecule has 1 heterocycles. The van der Waals surface area contributed by atoms with Crippen LogP contribution in [0.5, 0.6) is 5.75 Å². The SMILES string of the molecule is NC(=NN=Cc1cccc(OCCC2OCCCO2)c1)SCc1ccccc1. The number of ether oxygens (including phenoxy) is 3. The first kappa shape index (κ1) is 20.4. The molecule has 28 heavy (non-hydrogen) atoms. The van der Waals surface area contributed by atoms with Crippen molar-refractivity contribution in [3.63, 3.8) is 0 Å². The van der Waals surface area contributed by atoms with E-state index in [0.29, 0.717) is 18.2 Å². The van der Waals surface area contributed by atoms with Crippen LogP contribution in [0, 0.1) is 0 Å². The molecule has 0 radical (unpaired) electrons. The van der Waals surface area contributed by atoms with E-state index >= 15 is 0 Å². The maximum absolute atomic E-state index is 5.90. The number of thioether (sulfide) groups is 1. The molecule has 0 unspecified atom stereocenters. The van der Waals surface area contributed by atoms with Gasteiger partial charge in [-0.15, -0.1) is 5.10 Å². The normalized spacial score (nSPS) is 15.8. The monoisotopic (exact) mass is 399 g/mol. The van der Waals surface area contributed by atoms with Crippen molar-refractivity contribution in [3.8, 4) is 5.75 Å². The highest BCUT2D eigenvalue weighted by Crippen LogP contribution is 2.15. The number of amidine groups is 1. The highest BCUT2D eigenvalue weighted by Gasteiger charge is 2.13. The predicted octanol–water partition coefficient (Wildman–Crippen LogP) is 3.80. The lowest BCUT2D eigenvalue weighted by atomic mass is 10.2. The minimum absolute atomic E-state index is 0.163. The van der Waals surface area contributed by atoms with Crippen molar-refractivity contribution in [1.29, 1.82) is 0 Å². The fraction of sp³-hybridized carbons (Fsp3) is 0.333. The molecule has 0 atom stereocenters. The first-order valence-corrected chi connectivity index (χ1v) is 10.3. The third-order valence-electron chi connectivity index (χ3n) is 3.97. The molecule has 2 aromatic carbocycles. The maximum atomic E-state index is 5.90. The molecule has 3 rings (SSSR count). The van der Waals surface area contributed by atoms with Crippen LogP contribution < -0.4 is 10.5 Å². The molecular weight excluding hydrogens is 374 g/mol. The minimum Gasteiger partial charge on any atom is -0.493 e. The van der Waals surface area contributed by atoms with Gasteiger partial charge in [0.05, 0.1) is 26.0 Å². The topological polar surface area (TPSA) is 78.4 Å². The highest BCUT2D eigenvalue weighted by molar-refractivity contribution is 8.13. The average molecular weight is 400 g/mol. The third kappa shape index (κ3) is 7.34. The molecule has 2 aromatic rings. The quantitative estimate of drug-likeness (QED) is 0.415. The van der Waals surface area contributed by atoms with Crippen molar-refractivity contribution in [2.45, 2.75) is 24.9 Å². The molecular formula is C21H25N3O3S. The van der Waals surface area contributed by atoms with E-state index in [4.69, 9.17) is 19.9 Å². The van der Waals surface area contributed by atoms with Crippen LogP contribution in [0.25, 0.3) is 0 Å². The highest BCUT2D eigenvalue weighted by atomic mass is 32.2. The second kappa shape index (κ2) is 11.5. The first-order valence-electron chi connectivity index (χ1n) is 9.29. The molecule has 0 bridgehead atoms. The van der Waals surface area contributed by atoms with E-state index in [9.17, 15) is 0 Å². The fourth-order valence-electron chi connectivity index (χ4n) is 2.57. The van der Waals surface area contributed by atoms with E-state index in [-0.39, 0.29) is 6.29 Å². The Bertz CT molecular complexity index is 777. The summed E-state index contributed by atoms with van der Waals surface area (Å²) in [4.78, 5) is 0. The second-order valence-corrected chi connectivity index (χ2v) is 7.19. The summed E-state index contributed by atoms with van der Waals surface area (Å²) in [5.74, 6) is 1.54. The summed E-state index contributed by atoms with van der Waals surface area (Å²) >= 11 is 1.46. The van der Waals surface area contributed by atoms with Gasteiger partial charge in [0.25, 0.3) is 0 Å². The fourth-order valence-corrected chi connectivity index (χ4v) is 3.19. The van der Waals surface area contributed by atoms with Crippen molar-refractivity contribution in [3.05, 3.63) is 65.7 Å². The lowest BCUT2D eigenvalue weighted by molar-refractivity contribution is -0.183. The molecule has 1 fully saturated rings. The lowest BCUT2D eigenvalue weighted by Crippen LogP contribution is -2.26. The first-order chi connectivity index (χ1) is 13.8. The number of nitrogens with zero attached hydrogens (tertiary/aromatic N) is 2. The molecule has 0 amide bonds. The second-order valence-electron chi connectivity index (χ2n) is 6.19. The molecule has 2 N–H and O–H groups in total. The van der Waals surface area contributed by atoms with E-state index < -0.39 is 0 Å². The van der Waals surface area contributed by atoms with Crippen LogP contribution in [0.15, 0.2) is 64.8 Å². The Kier molecular flexibility index (Phi) is 8.36. The third-order valence-corrected chi connectivity index (χ3v) is 4.82. The van der Waals surface area contributed by atoms with Crippen LogP contribution in [0.4, 0.5) is 0 Å². The van der Waals surface area contributed by atoms with Crippen LogP contribution in [-0.2, 0) is 15.2 Å². The molecule has 7 heteroatoms. The Morgan fingerprint density at radius 3 is 2.79 bits per heavy atom. The van der Waals surface area contributed by atoms with Gasteiger partial charge in [-0.3, -0.25) is 0 Å². The maximum Gasteiger partial charge on any atom is 0.180 e. The zero-order chi connectivity index (χ0) is 19.4. The van der Waals surface area contributed by atoms with Gasteiger partial charge in [0.1, 0.15) is 5.75 Å². The summed E-state index contributed by atoms with van der Waals surface area (Å²) in [5.41, 5.74) is 8.00. The molecule has 6 nitrogen and oxygen atoms in total. The molecule has 0 aliphatic carbocycles. The Hall–Kier alpha value is -2.35. The van der Waals surface area contributed by atoms with E-state index in [1.807, 2.05) is 42.5 Å². The summed E-state index contributed by atoms with van der Waals surface area (Å²) in [6, 6.07) is 17.8. The summed E-state index contributed by atoms with van der Waals surface area (Å²) in [5, 5.41) is 8.54. The van der Waals surface area contributed by atoms with E-state index in [1.54, 1.807) is 6.21 Å². The number of hydrogen-bond donors (Lipinski definition) is 1. The zero-order valence-electron chi connectivity index (χ0n) is 15.7. The largest absolute Gasteiger partial charge is 0.493 e. The standard InChI is InChI=1S/C21H25N3O3S/c22-21(28-16-17-6-2-1-3-7-17)24-23-15-18-8-4-9-19(14-18)25-13-10-20-26-11-5-12-27-20/h1-4,6-9,14-15,20H,5,10-13,16H2,(H2,22,24). The summed E-state index contributed by atoms with van der Waals surface area (Å²) in [6.45, 7) is 2.04. The number of rotatable bonds is 8. The van der Waals surface area contributed by atoms with E-state index in [1.165, 1.54) is 17.3 Å². The Morgan fingerprint density at radius 1 is 1.14 bits per heavy atom. The molecule has 0 saturated carbocycles. The van der Waals surface area contributed by atoms with Crippen LogP contribution >= 0.6 is 11.8 Å². The number of benzene rings is 2. The van der Waals surface area contributed by atoms with Gasteiger partial charge >= 0.3 is 0 Å². The molecule has 0 spiro atoms. The Balaban J connectivity index is 1.43. The molecule has 1 aliphatic rings. The minimum atomic E-state index is -0.163. The van der Waals surface area contributed by atoms with E-state index in [0.717, 1.165) is 36.7 Å². The van der Waals surface area contributed by atoms with Gasteiger partial charge in [-0.1, -0.05) is 54.2 Å². The Labute approximate surface area is 169 Å². The lowest BCUT2D eigenvalue weighted by Gasteiger charge is -2.23. The van der Waals surface area contributed by atoms with Crippen LogP contribution in [0.2, 0.25) is 0 Å². The van der Waals surface area contributed by atoms with Gasteiger partial charge in [-0.25, -0.2) is 0 Å². The van der Waals surface area contributed by atoms with Gasteiger partial charge in [0.2, 0.25) is 0 Å². The summed E-state index contributed by atoms with van der Waals surface area (Å²) < 4.78 is 16.8.